The van der Waals surface area contributed by atoms with Crippen molar-refractivity contribution in [2.24, 2.45) is 12.8 Å². The third-order valence-electron chi connectivity index (χ3n) is 1.14. The molecule has 11 heavy (non-hydrogen) atoms. The molecule has 0 fully saturated rings. The Labute approximate surface area is 63.7 Å². The molecule has 0 spiro atoms. The Morgan fingerprint density at radius 2 is 2.64 bits per heavy atom. The molecule has 0 aromatic carbocycles. The van der Waals surface area contributed by atoms with E-state index in [1.54, 1.807) is 24.1 Å². The van der Waals surface area contributed by atoms with E-state index in [-0.39, 0.29) is 6.61 Å². The van der Waals surface area contributed by atoms with Gasteiger partial charge in [0.1, 0.15) is 6.61 Å². The lowest BCUT2D eigenvalue weighted by Gasteiger charge is -1.95. The summed E-state index contributed by atoms with van der Waals surface area (Å²) in [4.78, 5) is 10.2. The zero-order valence-electron chi connectivity index (χ0n) is 6.15. The van der Waals surface area contributed by atoms with Crippen molar-refractivity contribution in [1.29, 1.82) is 0 Å². The highest BCUT2D eigenvalue weighted by atomic mass is 16.5. The zero-order valence-corrected chi connectivity index (χ0v) is 6.15. The lowest BCUT2D eigenvalue weighted by atomic mass is 10.4. The fraction of sp³-hybridized carbons (Fsp3) is 0.333. The lowest BCUT2D eigenvalue weighted by molar-refractivity contribution is 0.150. The van der Waals surface area contributed by atoms with Gasteiger partial charge in [-0.15, -0.1) is 0 Å². The number of carbonyl (C=O) groups excluding carboxylic acids is 1. The SMILES string of the molecule is Cn1cc(COC(N)=O)cn1. The number of nitrogens with two attached hydrogens (primary N) is 1. The quantitative estimate of drug-likeness (QED) is 0.654. The summed E-state index contributed by atoms with van der Waals surface area (Å²) >= 11 is 0. The summed E-state index contributed by atoms with van der Waals surface area (Å²) in [7, 11) is 1.79. The summed E-state index contributed by atoms with van der Waals surface area (Å²) in [5, 5.41) is 3.88. The van der Waals surface area contributed by atoms with E-state index in [1.165, 1.54) is 0 Å². The number of hydrogen-bond donors (Lipinski definition) is 1. The van der Waals surface area contributed by atoms with E-state index >= 15 is 0 Å². The monoisotopic (exact) mass is 155 g/mol. The second-order valence-corrected chi connectivity index (χ2v) is 2.13. The van der Waals surface area contributed by atoms with Crippen LogP contribution >= 0.6 is 0 Å². The molecule has 1 aromatic rings. The number of aryl methyl sites for hydroxylation is 1. The van der Waals surface area contributed by atoms with Crippen LogP contribution in [-0.2, 0) is 18.4 Å². The highest BCUT2D eigenvalue weighted by Gasteiger charge is 1.97. The third-order valence-corrected chi connectivity index (χ3v) is 1.14. The van der Waals surface area contributed by atoms with Gasteiger partial charge in [-0.2, -0.15) is 5.10 Å². The zero-order chi connectivity index (χ0) is 8.27. The summed E-state index contributed by atoms with van der Waals surface area (Å²) in [6.45, 7) is 0.184. The van der Waals surface area contributed by atoms with E-state index in [1.807, 2.05) is 0 Å². The molecule has 0 unspecified atom stereocenters. The van der Waals surface area contributed by atoms with Gasteiger partial charge >= 0.3 is 6.09 Å². The standard InChI is InChI=1S/C6H9N3O2/c1-9-3-5(2-8-9)4-11-6(7)10/h2-3H,4H2,1H3,(H2,7,10). The van der Waals surface area contributed by atoms with Crippen LogP contribution in [0.2, 0.25) is 0 Å². The maximum Gasteiger partial charge on any atom is 0.404 e. The van der Waals surface area contributed by atoms with Crippen molar-refractivity contribution in [2.75, 3.05) is 0 Å². The molecule has 1 aromatic heterocycles. The Hall–Kier alpha value is -1.52. The Morgan fingerprint density at radius 1 is 1.91 bits per heavy atom. The molecule has 2 N–H and O–H groups in total. The van der Waals surface area contributed by atoms with Gasteiger partial charge in [0.05, 0.1) is 6.20 Å². The Balaban J connectivity index is 2.45. The fourth-order valence-corrected chi connectivity index (χ4v) is 0.701. The lowest BCUT2D eigenvalue weighted by Crippen LogP contribution is -2.12. The minimum absolute atomic E-state index is 0.184. The molecule has 0 aliphatic heterocycles. The Kier molecular flexibility index (Phi) is 2.10. The fourth-order valence-electron chi connectivity index (χ4n) is 0.701. The van der Waals surface area contributed by atoms with Gasteiger partial charge < -0.3 is 10.5 Å². The summed E-state index contributed by atoms with van der Waals surface area (Å²) in [6.07, 6.45) is 2.60. The summed E-state index contributed by atoms with van der Waals surface area (Å²) < 4.78 is 6.15. The minimum atomic E-state index is -0.770. The van der Waals surface area contributed by atoms with Crippen molar-refractivity contribution in [3.8, 4) is 0 Å². The van der Waals surface area contributed by atoms with Crippen molar-refractivity contribution in [2.45, 2.75) is 6.61 Å². The van der Waals surface area contributed by atoms with Gasteiger partial charge in [0.2, 0.25) is 0 Å². The van der Waals surface area contributed by atoms with Crippen LogP contribution in [0.4, 0.5) is 4.79 Å². The molecular weight excluding hydrogens is 146 g/mol. The van der Waals surface area contributed by atoms with Gasteiger partial charge in [0.15, 0.2) is 0 Å². The predicted molar refractivity (Wildman–Crippen MR) is 37.6 cm³/mol. The number of primary amides is 1. The topological polar surface area (TPSA) is 70.1 Å². The van der Waals surface area contributed by atoms with E-state index in [4.69, 9.17) is 5.73 Å². The van der Waals surface area contributed by atoms with Gasteiger partial charge in [-0.05, 0) is 0 Å². The molecule has 0 aliphatic carbocycles. The number of carbonyl (C=O) groups is 1. The van der Waals surface area contributed by atoms with Crippen molar-refractivity contribution >= 4 is 6.09 Å². The summed E-state index contributed by atoms with van der Waals surface area (Å²) in [6, 6.07) is 0. The van der Waals surface area contributed by atoms with Crippen LogP contribution in [0.3, 0.4) is 0 Å². The van der Waals surface area contributed by atoms with Gasteiger partial charge in [0, 0.05) is 18.8 Å². The molecule has 1 rings (SSSR count). The van der Waals surface area contributed by atoms with Gasteiger partial charge in [-0.3, -0.25) is 4.68 Å². The first kappa shape index (κ1) is 7.59. The van der Waals surface area contributed by atoms with Crippen LogP contribution in [0.5, 0.6) is 0 Å². The van der Waals surface area contributed by atoms with Crippen LogP contribution < -0.4 is 5.73 Å². The summed E-state index contributed by atoms with van der Waals surface area (Å²) in [5.74, 6) is 0. The molecule has 0 radical (unpaired) electrons. The maximum atomic E-state index is 10.2. The van der Waals surface area contributed by atoms with Crippen LogP contribution in [-0.4, -0.2) is 15.9 Å². The molecule has 60 valence electrons. The molecule has 1 heterocycles. The number of hydrogen-bond acceptors (Lipinski definition) is 3. The Bertz CT molecular complexity index is 256. The average molecular weight is 155 g/mol. The van der Waals surface area contributed by atoms with Crippen molar-refractivity contribution < 1.29 is 9.53 Å². The molecule has 0 saturated heterocycles. The van der Waals surface area contributed by atoms with E-state index in [9.17, 15) is 4.79 Å². The number of amides is 1. The van der Waals surface area contributed by atoms with Crippen LogP contribution in [0.15, 0.2) is 12.4 Å². The van der Waals surface area contributed by atoms with Crippen LogP contribution in [0.1, 0.15) is 5.56 Å². The molecule has 5 heteroatoms. The molecule has 5 nitrogen and oxygen atoms in total. The predicted octanol–water partition coefficient (Wildman–Crippen LogP) is 0.0154. The number of nitrogens with zero attached hydrogens (tertiary/aromatic N) is 2. The van der Waals surface area contributed by atoms with E-state index in [0.717, 1.165) is 5.56 Å². The molecular formula is C6H9N3O2. The van der Waals surface area contributed by atoms with Crippen molar-refractivity contribution in [3.05, 3.63) is 18.0 Å². The van der Waals surface area contributed by atoms with E-state index in [2.05, 4.69) is 9.84 Å². The molecule has 0 aliphatic rings. The largest absolute Gasteiger partial charge is 0.445 e. The number of rotatable bonds is 2. The number of ether oxygens (including phenoxy) is 1. The van der Waals surface area contributed by atoms with Crippen molar-refractivity contribution in [3.63, 3.8) is 0 Å². The molecule has 1 amide bonds. The van der Waals surface area contributed by atoms with E-state index < -0.39 is 6.09 Å². The molecule has 0 saturated carbocycles. The normalized spacial score (nSPS) is 9.55. The van der Waals surface area contributed by atoms with E-state index in [0.29, 0.717) is 0 Å². The Morgan fingerprint density at radius 3 is 3.09 bits per heavy atom. The van der Waals surface area contributed by atoms with Crippen LogP contribution in [0, 0.1) is 0 Å². The number of aromatic nitrogens is 2. The van der Waals surface area contributed by atoms with Gasteiger partial charge in [-0.25, -0.2) is 4.79 Å². The third kappa shape index (κ3) is 2.29. The molecule has 0 atom stereocenters. The van der Waals surface area contributed by atoms with Crippen molar-refractivity contribution in [1.82, 2.24) is 9.78 Å². The second-order valence-electron chi connectivity index (χ2n) is 2.13. The summed E-state index contributed by atoms with van der Waals surface area (Å²) in [5.41, 5.74) is 5.58. The first-order chi connectivity index (χ1) is 5.18. The second kappa shape index (κ2) is 3.05. The first-order valence-electron chi connectivity index (χ1n) is 3.08. The average Bonchev–Trinajstić information content (AvgIpc) is 2.31. The van der Waals surface area contributed by atoms with Gasteiger partial charge in [0.25, 0.3) is 0 Å². The minimum Gasteiger partial charge on any atom is -0.445 e. The molecule has 0 bridgehead atoms. The smallest absolute Gasteiger partial charge is 0.404 e. The highest BCUT2D eigenvalue weighted by Crippen LogP contribution is 1.97. The first-order valence-corrected chi connectivity index (χ1v) is 3.08. The highest BCUT2D eigenvalue weighted by molar-refractivity contribution is 5.64. The van der Waals surface area contributed by atoms with Crippen LogP contribution in [0.25, 0.3) is 0 Å². The van der Waals surface area contributed by atoms with Gasteiger partial charge in [-0.1, -0.05) is 0 Å². The maximum absolute atomic E-state index is 10.2.